The van der Waals surface area contributed by atoms with Gasteiger partial charge in [0.25, 0.3) is 0 Å². The Morgan fingerprint density at radius 2 is 1.90 bits per heavy atom. The molecule has 1 heterocycles. The van der Waals surface area contributed by atoms with Crippen molar-refractivity contribution in [2.75, 3.05) is 19.6 Å². The van der Waals surface area contributed by atoms with E-state index in [2.05, 4.69) is 71.2 Å². The molecule has 3 heteroatoms. The van der Waals surface area contributed by atoms with Crippen molar-refractivity contribution in [3.05, 3.63) is 34.3 Å². The van der Waals surface area contributed by atoms with Crippen molar-refractivity contribution in [2.45, 2.75) is 45.7 Å². The first-order valence-electron chi connectivity index (χ1n) is 7.84. The zero-order valence-electron chi connectivity index (χ0n) is 12.9. The third kappa shape index (κ3) is 4.06. The summed E-state index contributed by atoms with van der Waals surface area (Å²) >= 11 is 3.65. The minimum absolute atomic E-state index is 0.393. The molecule has 20 heavy (non-hydrogen) atoms. The summed E-state index contributed by atoms with van der Waals surface area (Å²) in [5.41, 5.74) is 1.35. The van der Waals surface area contributed by atoms with Crippen LogP contribution in [-0.4, -0.2) is 30.6 Å². The average molecular weight is 339 g/mol. The summed E-state index contributed by atoms with van der Waals surface area (Å²) in [7, 11) is 0. The van der Waals surface area contributed by atoms with Crippen LogP contribution in [0.15, 0.2) is 28.7 Å². The first kappa shape index (κ1) is 16.0. The lowest BCUT2D eigenvalue weighted by Crippen LogP contribution is -2.42. The Morgan fingerprint density at radius 1 is 1.25 bits per heavy atom. The number of nitrogens with zero attached hydrogens (tertiary/aromatic N) is 1. The molecule has 1 N–H and O–H groups in total. The molecule has 0 aromatic heterocycles. The molecule has 1 aromatic rings. The second-order valence-electron chi connectivity index (χ2n) is 5.97. The van der Waals surface area contributed by atoms with Crippen LogP contribution in [0.3, 0.4) is 0 Å². The zero-order valence-corrected chi connectivity index (χ0v) is 14.5. The van der Waals surface area contributed by atoms with Crippen LogP contribution in [0.4, 0.5) is 0 Å². The Balaban J connectivity index is 1.88. The van der Waals surface area contributed by atoms with Gasteiger partial charge in [0.15, 0.2) is 0 Å². The van der Waals surface area contributed by atoms with E-state index >= 15 is 0 Å². The third-order valence-corrected chi connectivity index (χ3v) is 5.39. The lowest BCUT2D eigenvalue weighted by molar-refractivity contribution is 0.165. The highest BCUT2D eigenvalue weighted by Crippen LogP contribution is 2.26. The fourth-order valence-corrected chi connectivity index (χ4v) is 3.84. The topological polar surface area (TPSA) is 15.3 Å². The van der Waals surface area contributed by atoms with E-state index in [4.69, 9.17) is 0 Å². The first-order chi connectivity index (χ1) is 9.61. The molecule has 1 aliphatic rings. The van der Waals surface area contributed by atoms with Crippen LogP contribution >= 0.6 is 15.9 Å². The number of rotatable bonds is 5. The van der Waals surface area contributed by atoms with Crippen molar-refractivity contribution in [3.8, 4) is 0 Å². The molecular weight excluding hydrogens is 312 g/mol. The van der Waals surface area contributed by atoms with E-state index in [9.17, 15) is 0 Å². The Morgan fingerprint density at radius 3 is 2.50 bits per heavy atom. The van der Waals surface area contributed by atoms with Gasteiger partial charge in [0.05, 0.1) is 0 Å². The van der Waals surface area contributed by atoms with Crippen LogP contribution < -0.4 is 5.32 Å². The Hall–Kier alpha value is -0.380. The molecule has 0 radical (unpaired) electrons. The normalized spacial score (nSPS) is 20.8. The van der Waals surface area contributed by atoms with Crippen molar-refractivity contribution in [2.24, 2.45) is 5.92 Å². The average Bonchev–Trinajstić information content (AvgIpc) is 2.47. The van der Waals surface area contributed by atoms with Crippen LogP contribution in [0.5, 0.6) is 0 Å². The van der Waals surface area contributed by atoms with E-state index in [1.165, 1.54) is 42.5 Å². The summed E-state index contributed by atoms with van der Waals surface area (Å²) in [5, 5.41) is 3.79. The van der Waals surface area contributed by atoms with Crippen molar-refractivity contribution in [1.82, 2.24) is 10.2 Å². The highest BCUT2D eigenvalue weighted by Gasteiger charge is 2.24. The summed E-state index contributed by atoms with van der Waals surface area (Å²) in [6.45, 7) is 10.6. The second-order valence-corrected chi connectivity index (χ2v) is 6.82. The number of halogens is 1. The summed E-state index contributed by atoms with van der Waals surface area (Å²) in [6.07, 6.45) is 2.65. The number of hydrogen-bond donors (Lipinski definition) is 1. The number of hydrogen-bond acceptors (Lipinski definition) is 2. The Kier molecular flexibility index (Phi) is 6.06. The van der Waals surface area contributed by atoms with Gasteiger partial charge in [-0.05, 0) is 63.9 Å². The van der Waals surface area contributed by atoms with Crippen LogP contribution in [0, 0.1) is 5.92 Å². The van der Waals surface area contributed by atoms with Crippen molar-refractivity contribution < 1.29 is 0 Å². The Bertz CT molecular complexity index is 413. The second kappa shape index (κ2) is 7.58. The molecule has 1 aromatic carbocycles. The first-order valence-corrected chi connectivity index (χ1v) is 8.64. The molecule has 2 rings (SSSR count). The molecule has 0 aliphatic carbocycles. The molecule has 0 amide bonds. The number of likely N-dealkylation sites (tertiary alicyclic amines) is 1. The minimum Gasteiger partial charge on any atom is -0.307 e. The molecule has 0 spiro atoms. The van der Waals surface area contributed by atoms with Gasteiger partial charge in [-0.2, -0.15) is 0 Å². The van der Waals surface area contributed by atoms with Gasteiger partial charge in [-0.15, -0.1) is 0 Å². The van der Waals surface area contributed by atoms with Gasteiger partial charge in [-0.25, -0.2) is 0 Å². The SMILES string of the molecule is CCN1CCC(C(C)N[C@H](C)c2ccccc2Br)CC1. The fourth-order valence-electron chi connectivity index (χ4n) is 3.22. The molecule has 1 saturated heterocycles. The molecule has 1 aliphatic heterocycles. The highest BCUT2D eigenvalue weighted by molar-refractivity contribution is 9.10. The smallest absolute Gasteiger partial charge is 0.0305 e. The van der Waals surface area contributed by atoms with Gasteiger partial charge in [-0.3, -0.25) is 0 Å². The Labute approximate surface area is 132 Å². The number of benzene rings is 1. The van der Waals surface area contributed by atoms with E-state index in [0.717, 1.165) is 5.92 Å². The predicted octanol–water partition coefficient (Wildman–Crippen LogP) is 4.22. The molecular formula is C17H27BrN2. The van der Waals surface area contributed by atoms with Crippen LogP contribution in [0.2, 0.25) is 0 Å². The quantitative estimate of drug-likeness (QED) is 0.864. The maximum atomic E-state index is 3.79. The minimum atomic E-state index is 0.393. The van der Waals surface area contributed by atoms with E-state index in [1.807, 2.05) is 0 Å². The highest BCUT2D eigenvalue weighted by atomic mass is 79.9. The molecule has 0 saturated carbocycles. The van der Waals surface area contributed by atoms with Gasteiger partial charge in [-0.1, -0.05) is 41.1 Å². The van der Waals surface area contributed by atoms with Gasteiger partial charge in [0.2, 0.25) is 0 Å². The summed E-state index contributed by atoms with van der Waals surface area (Å²) in [5.74, 6) is 0.808. The molecule has 0 bridgehead atoms. The van der Waals surface area contributed by atoms with Gasteiger partial charge >= 0.3 is 0 Å². The van der Waals surface area contributed by atoms with E-state index < -0.39 is 0 Å². The van der Waals surface area contributed by atoms with Gasteiger partial charge in [0, 0.05) is 16.6 Å². The fraction of sp³-hybridized carbons (Fsp3) is 0.647. The van der Waals surface area contributed by atoms with Crippen molar-refractivity contribution in [3.63, 3.8) is 0 Å². The zero-order chi connectivity index (χ0) is 14.5. The molecule has 2 atom stereocenters. The van der Waals surface area contributed by atoms with Crippen molar-refractivity contribution >= 4 is 15.9 Å². The number of piperidine rings is 1. The maximum absolute atomic E-state index is 3.79. The van der Waals surface area contributed by atoms with Crippen LogP contribution in [0.1, 0.15) is 45.2 Å². The number of nitrogens with one attached hydrogen (secondary N) is 1. The standard InChI is InChI=1S/C17H27BrN2/c1-4-20-11-9-15(10-12-20)13(2)19-14(3)16-7-5-6-8-17(16)18/h5-8,13-15,19H,4,9-12H2,1-3H3/t13?,14-/m1/s1. The van der Waals surface area contributed by atoms with Crippen LogP contribution in [-0.2, 0) is 0 Å². The van der Waals surface area contributed by atoms with E-state index in [1.54, 1.807) is 0 Å². The lowest BCUT2D eigenvalue weighted by Gasteiger charge is -2.35. The lowest BCUT2D eigenvalue weighted by atomic mass is 9.89. The van der Waals surface area contributed by atoms with E-state index in [-0.39, 0.29) is 0 Å². The molecule has 1 fully saturated rings. The van der Waals surface area contributed by atoms with Gasteiger partial charge in [0.1, 0.15) is 0 Å². The van der Waals surface area contributed by atoms with E-state index in [0.29, 0.717) is 12.1 Å². The van der Waals surface area contributed by atoms with Gasteiger partial charge < -0.3 is 10.2 Å². The summed E-state index contributed by atoms with van der Waals surface area (Å²) < 4.78 is 1.20. The molecule has 2 nitrogen and oxygen atoms in total. The van der Waals surface area contributed by atoms with Crippen LogP contribution in [0.25, 0.3) is 0 Å². The monoisotopic (exact) mass is 338 g/mol. The van der Waals surface area contributed by atoms with Crippen molar-refractivity contribution in [1.29, 1.82) is 0 Å². The maximum Gasteiger partial charge on any atom is 0.0305 e. The third-order valence-electron chi connectivity index (χ3n) is 4.67. The summed E-state index contributed by atoms with van der Waals surface area (Å²) in [4.78, 5) is 2.56. The molecule has 112 valence electrons. The summed E-state index contributed by atoms with van der Waals surface area (Å²) in [6, 6.07) is 9.49. The molecule has 1 unspecified atom stereocenters. The largest absolute Gasteiger partial charge is 0.307 e. The predicted molar refractivity (Wildman–Crippen MR) is 90.0 cm³/mol.